The predicted octanol–water partition coefficient (Wildman–Crippen LogP) is 2.02. The van der Waals surface area contributed by atoms with Crippen molar-refractivity contribution in [2.45, 2.75) is 18.9 Å². The van der Waals surface area contributed by atoms with E-state index >= 15 is 0 Å². The van der Waals surface area contributed by atoms with Crippen LogP contribution in [0.2, 0.25) is 10.0 Å². The van der Waals surface area contributed by atoms with Gasteiger partial charge in [-0.3, -0.25) is 4.79 Å². The maximum atomic E-state index is 11.6. The Morgan fingerprint density at radius 2 is 2.21 bits per heavy atom. The van der Waals surface area contributed by atoms with Gasteiger partial charge in [0.15, 0.2) is 0 Å². The van der Waals surface area contributed by atoms with Crippen LogP contribution < -0.4 is 11.1 Å². The molecule has 0 aromatic heterocycles. The van der Waals surface area contributed by atoms with E-state index < -0.39 is 0 Å². The van der Waals surface area contributed by atoms with Crippen LogP contribution in [0.3, 0.4) is 0 Å². The van der Waals surface area contributed by atoms with Gasteiger partial charge in [0, 0.05) is 30.2 Å². The summed E-state index contributed by atoms with van der Waals surface area (Å²) in [6, 6.07) is 5.32. The van der Waals surface area contributed by atoms with E-state index in [0.717, 1.165) is 5.56 Å². The minimum Gasteiger partial charge on any atom is -0.380 e. The van der Waals surface area contributed by atoms with Crippen molar-refractivity contribution < 1.29 is 9.53 Å². The van der Waals surface area contributed by atoms with Gasteiger partial charge in [-0.2, -0.15) is 0 Å². The first-order valence-electron chi connectivity index (χ1n) is 6.00. The van der Waals surface area contributed by atoms with Crippen LogP contribution in [-0.2, 0) is 16.0 Å². The highest BCUT2D eigenvalue weighted by atomic mass is 35.5. The van der Waals surface area contributed by atoms with Crippen LogP contribution >= 0.6 is 23.2 Å². The number of hydrogen-bond donors (Lipinski definition) is 2. The van der Waals surface area contributed by atoms with Crippen molar-refractivity contribution in [3.63, 3.8) is 0 Å². The summed E-state index contributed by atoms with van der Waals surface area (Å²) < 4.78 is 5.05. The van der Waals surface area contributed by atoms with Crippen LogP contribution in [0.4, 0.5) is 0 Å². The average Bonchev–Trinajstić information content (AvgIpc) is 2.38. The van der Waals surface area contributed by atoms with Crippen LogP contribution in [0.1, 0.15) is 12.0 Å². The number of carbonyl (C=O) groups excluding carboxylic acids is 1. The quantitative estimate of drug-likeness (QED) is 0.810. The summed E-state index contributed by atoms with van der Waals surface area (Å²) in [7, 11) is 1.54. The summed E-state index contributed by atoms with van der Waals surface area (Å²) in [5.41, 5.74) is 6.40. The standard InChI is InChI=1S/C13H18Cl2N2O2/c1-19-11(8-16)7-13(18)17-5-4-9-2-3-10(14)6-12(9)15/h2-3,6,11H,4-5,7-8,16H2,1H3,(H,17,18). The number of rotatable bonds is 7. The summed E-state index contributed by atoms with van der Waals surface area (Å²) in [5.74, 6) is -0.0811. The zero-order valence-corrected chi connectivity index (χ0v) is 12.3. The fraction of sp³-hybridized carbons (Fsp3) is 0.462. The minimum absolute atomic E-state index is 0.0811. The molecule has 0 aliphatic heterocycles. The van der Waals surface area contributed by atoms with E-state index in [9.17, 15) is 4.79 Å². The maximum Gasteiger partial charge on any atom is 0.222 e. The first-order valence-corrected chi connectivity index (χ1v) is 6.76. The van der Waals surface area contributed by atoms with Gasteiger partial charge in [-0.1, -0.05) is 29.3 Å². The molecule has 1 rings (SSSR count). The number of methoxy groups -OCH3 is 1. The molecule has 0 bridgehead atoms. The molecule has 0 aliphatic carbocycles. The van der Waals surface area contributed by atoms with Crippen molar-refractivity contribution in [1.29, 1.82) is 0 Å². The summed E-state index contributed by atoms with van der Waals surface area (Å²) in [6.45, 7) is 0.841. The highest BCUT2D eigenvalue weighted by Gasteiger charge is 2.11. The van der Waals surface area contributed by atoms with Crippen LogP contribution in [0.25, 0.3) is 0 Å². The van der Waals surface area contributed by atoms with Gasteiger partial charge in [0.25, 0.3) is 0 Å². The fourth-order valence-corrected chi connectivity index (χ4v) is 2.11. The van der Waals surface area contributed by atoms with Gasteiger partial charge in [-0.15, -0.1) is 0 Å². The molecule has 6 heteroatoms. The number of carbonyl (C=O) groups is 1. The Bertz CT molecular complexity index is 423. The lowest BCUT2D eigenvalue weighted by molar-refractivity contribution is -0.123. The van der Waals surface area contributed by atoms with Crippen molar-refractivity contribution in [3.8, 4) is 0 Å². The SMILES string of the molecule is COC(CN)CC(=O)NCCc1ccc(Cl)cc1Cl. The molecule has 0 saturated carbocycles. The van der Waals surface area contributed by atoms with Crippen LogP contribution in [0.15, 0.2) is 18.2 Å². The Kier molecular flexibility index (Phi) is 7.16. The molecule has 0 saturated heterocycles. The molecule has 106 valence electrons. The monoisotopic (exact) mass is 304 g/mol. The summed E-state index contributed by atoms with van der Waals surface area (Å²) in [4.78, 5) is 11.6. The van der Waals surface area contributed by atoms with E-state index in [0.29, 0.717) is 29.6 Å². The second kappa shape index (κ2) is 8.38. The minimum atomic E-state index is -0.237. The van der Waals surface area contributed by atoms with Gasteiger partial charge in [0.05, 0.1) is 12.5 Å². The van der Waals surface area contributed by atoms with E-state index in [4.69, 9.17) is 33.7 Å². The number of nitrogens with one attached hydrogen (secondary N) is 1. The second-order valence-corrected chi connectivity index (χ2v) is 4.98. The van der Waals surface area contributed by atoms with Gasteiger partial charge in [0.1, 0.15) is 0 Å². The first kappa shape index (κ1) is 16.2. The second-order valence-electron chi connectivity index (χ2n) is 4.13. The molecular weight excluding hydrogens is 287 g/mol. The average molecular weight is 305 g/mol. The van der Waals surface area contributed by atoms with E-state index in [-0.39, 0.29) is 18.4 Å². The van der Waals surface area contributed by atoms with Crippen LogP contribution in [0.5, 0.6) is 0 Å². The Morgan fingerprint density at radius 1 is 1.47 bits per heavy atom. The number of benzene rings is 1. The number of nitrogens with two attached hydrogens (primary N) is 1. The van der Waals surface area contributed by atoms with Crippen molar-refractivity contribution in [3.05, 3.63) is 33.8 Å². The van der Waals surface area contributed by atoms with Gasteiger partial charge in [0.2, 0.25) is 5.91 Å². The molecular formula is C13H18Cl2N2O2. The van der Waals surface area contributed by atoms with E-state index in [2.05, 4.69) is 5.32 Å². The molecule has 19 heavy (non-hydrogen) atoms. The maximum absolute atomic E-state index is 11.6. The van der Waals surface area contributed by atoms with Crippen molar-refractivity contribution in [2.75, 3.05) is 20.2 Å². The normalized spacial score (nSPS) is 12.2. The number of amides is 1. The number of ether oxygens (including phenoxy) is 1. The van der Waals surface area contributed by atoms with Crippen LogP contribution in [0, 0.1) is 0 Å². The summed E-state index contributed by atoms with van der Waals surface area (Å²) >= 11 is 11.9. The third-order valence-corrected chi connectivity index (χ3v) is 3.33. The third kappa shape index (κ3) is 5.78. The number of halogens is 2. The highest BCUT2D eigenvalue weighted by molar-refractivity contribution is 6.35. The molecule has 1 aromatic rings. The van der Waals surface area contributed by atoms with Gasteiger partial charge < -0.3 is 15.8 Å². The molecule has 0 heterocycles. The molecule has 0 radical (unpaired) electrons. The molecule has 1 aromatic carbocycles. The lowest BCUT2D eigenvalue weighted by atomic mass is 10.1. The molecule has 1 atom stereocenters. The lowest BCUT2D eigenvalue weighted by Gasteiger charge is -2.12. The molecule has 4 nitrogen and oxygen atoms in total. The Labute approximate surface area is 123 Å². The number of hydrogen-bond acceptors (Lipinski definition) is 3. The molecule has 1 amide bonds. The predicted molar refractivity (Wildman–Crippen MR) is 77.6 cm³/mol. The van der Waals surface area contributed by atoms with Gasteiger partial charge in [-0.05, 0) is 24.1 Å². The van der Waals surface area contributed by atoms with Gasteiger partial charge in [-0.25, -0.2) is 0 Å². The van der Waals surface area contributed by atoms with Crippen molar-refractivity contribution in [1.82, 2.24) is 5.32 Å². The molecule has 0 fully saturated rings. The molecule has 0 spiro atoms. The molecule has 0 aliphatic rings. The molecule has 1 unspecified atom stereocenters. The fourth-order valence-electron chi connectivity index (χ4n) is 1.60. The highest BCUT2D eigenvalue weighted by Crippen LogP contribution is 2.20. The van der Waals surface area contributed by atoms with Crippen molar-refractivity contribution in [2.24, 2.45) is 5.73 Å². The Hall–Kier alpha value is -0.810. The first-order chi connectivity index (χ1) is 9.06. The topological polar surface area (TPSA) is 64.3 Å². The summed E-state index contributed by atoms with van der Waals surface area (Å²) in [5, 5.41) is 4.02. The van der Waals surface area contributed by atoms with E-state index in [1.54, 1.807) is 12.1 Å². The summed E-state index contributed by atoms with van der Waals surface area (Å²) in [6.07, 6.45) is 0.683. The lowest BCUT2D eigenvalue weighted by Crippen LogP contribution is -2.33. The third-order valence-electron chi connectivity index (χ3n) is 2.74. The van der Waals surface area contributed by atoms with Gasteiger partial charge >= 0.3 is 0 Å². The Balaban J connectivity index is 2.35. The van der Waals surface area contributed by atoms with E-state index in [1.807, 2.05) is 6.07 Å². The zero-order chi connectivity index (χ0) is 14.3. The van der Waals surface area contributed by atoms with Crippen LogP contribution in [-0.4, -0.2) is 32.2 Å². The molecule has 3 N–H and O–H groups in total. The van der Waals surface area contributed by atoms with E-state index in [1.165, 1.54) is 7.11 Å². The zero-order valence-electron chi connectivity index (χ0n) is 10.8. The smallest absolute Gasteiger partial charge is 0.222 e. The van der Waals surface area contributed by atoms with Crippen molar-refractivity contribution >= 4 is 29.1 Å². The largest absolute Gasteiger partial charge is 0.380 e. The Morgan fingerprint density at radius 3 is 2.79 bits per heavy atom.